The second kappa shape index (κ2) is 7.26. The van der Waals surface area contributed by atoms with E-state index in [1.54, 1.807) is 24.3 Å². The van der Waals surface area contributed by atoms with Crippen molar-refractivity contribution in [3.63, 3.8) is 0 Å². The van der Waals surface area contributed by atoms with Crippen LogP contribution in [0.15, 0.2) is 30.5 Å². The fraction of sp³-hybridized carbons (Fsp3) is 0.400. The molecule has 2 aromatic rings. The Morgan fingerprint density at radius 1 is 1.27 bits per heavy atom. The molecule has 0 amide bonds. The summed E-state index contributed by atoms with van der Waals surface area (Å²) in [6, 6.07) is 6.80. The second-order valence-electron chi connectivity index (χ2n) is 5.21. The minimum absolute atomic E-state index is 0.0632. The van der Waals surface area contributed by atoms with Gasteiger partial charge in [0.05, 0.1) is 11.4 Å². The van der Waals surface area contributed by atoms with Gasteiger partial charge in [-0.15, -0.1) is 0 Å². The normalized spacial score (nSPS) is 11.8. The largest absolute Gasteiger partial charge is 0.272 e. The number of sulfonamides is 1. The number of hydrogen-bond acceptors (Lipinski definition) is 3. The Morgan fingerprint density at radius 2 is 1.95 bits per heavy atom. The highest BCUT2D eigenvalue weighted by molar-refractivity contribution is 7.88. The highest BCUT2D eigenvalue weighted by atomic mass is 35.5. The molecule has 1 aromatic heterocycles. The van der Waals surface area contributed by atoms with E-state index in [0.29, 0.717) is 10.6 Å². The standard InChI is InChI=1S/C15H20ClN3O2S/c1-3-8-19-10-14(12(2)18-19)9-17-22(20,21)11-13-4-6-15(16)7-5-13/h4-7,10,17H,3,8-9,11H2,1-2H3. The molecular formula is C15H20ClN3O2S. The van der Waals surface area contributed by atoms with Crippen molar-refractivity contribution >= 4 is 21.6 Å². The lowest BCUT2D eigenvalue weighted by molar-refractivity contribution is 0.580. The number of nitrogens with zero attached hydrogens (tertiary/aromatic N) is 2. The lowest BCUT2D eigenvalue weighted by Crippen LogP contribution is -2.24. The van der Waals surface area contributed by atoms with E-state index in [9.17, 15) is 8.42 Å². The Bertz CT molecular complexity index is 724. The van der Waals surface area contributed by atoms with Gasteiger partial charge in [-0.05, 0) is 31.0 Å². The molecule has 7 heteroatoms. The second-order valence-corrected chi connectivity index (χ2v) is 7.45. The first kappa shape index (κ1) is 17.0. The molecule has 120 valence electrons. The summed E-state index contributed by atoms with van der Waals surface area (Å²) >= 11 is 5.80. The van der Waals surface area contributed by atoms with Crippen LogP contribution in [0, 0.1) is 6.92 Å². The maximum absolute atomic E-state index is 12.1. The zero-order valence-corrected chi connectivity index (χ0v) is 14.3. The van der Waals surface area contributed by atoms with Crippen LogP contribution in [0.25, 0.3) is 0 Å². The Balaban J connectivity index is 1.99. The predicted molar refractivity (Wildman–Crippen MR) is 88.2 cm³/mol. The van der Waals surface area contributed by atoms with Crippen molar-refractivity contribution in [2.45, 2.75) is 39.1 Å². The van der Waals surface area contributed by atoms with Gasteiger partial charge in [0.1, 0.15) is 0 Å². The van der Waals surface area contributed by atoms with Gasteiger partial charge in [0.15, 0.2) is 0 Å². The number of halogens is 1. The lowest BCUT2D eigenvalue weighted by atomic mass is 10.2. The smallest absolute Gasteiger partial charge is 0.216 e. The van der Waals surface area contributed by atoms with E-state index in [0.717, 1.165) is 24.2 Å². The fourth-order valence-corrected chi connectivity index (χ4v) is 3.35. The van der Waals surface area contributed by atoms with Crippen molar-refractivity contribution in [1.82, 2.24) is 14.5 Å². The van der Waals surface area contributed by atoms with Gasteiger partial charge in [-0.25, -0.2) is 13.1 Å². The molecule has 0 fully saturated rings. The van der Waals surface area contributed by atoms with Crippen LogP contribution in [-0.2, 0) is 28.9 Å². The molecule has 0 aliphatic rings. The molecule has 0 aliphatic carbocycles. The third kappa shape index (κ3) is 4.83. The van der Waals surface area contributed by atoms with Crippen molar-refractivity contribution in [3.05, 3.63) is 52.3 Å². The van der Waals surface area contributed by atoms with Gasteiger partial charge in [-0.2, -0.15) is 5.10 Å². The minimum atomic E-state index is -3.40. The van der Waals surface area contributed by atoms with Crippen LogP contribution < -0.4 is 4.72 Å². The number of aromatic nitrogens is 2. The summed E-state index contributed by atoms with van der Waals surface area (Å²) in [4.78, 5) is 0. The Morgan fingerprint density at radius 3 is 2.59 bits per heavy atom. The molecule has 1 heterocycles. The van der Waals surface area contributed by atoms with Crippen LogP contribution in [-0.4, -0.2) is 18.2 Å². The first-order valence-corrected chi connectivity index (χ1v) is 9.17. The predicted octanol–water partition coefficient (Wildman–Crippen LogP) is 2.87. The van der Waals surface area contributed by atoms with E-state index < -0.39 is 10.0 Å². The molecule has 1 aromatic carbocycles. The SMILES string of the molecule is CCCn1cc(CNS(=O)(=O)Cc2ccc(Cl)cc2)c(C)n1. The van der Waals surface area contributed by atoms with Crippen LogP contribution in [0.3, 0.4) is 0 Å². The third-order valence-electron chi connectivity index (χ3n) is 3.25. The zero-order chi connectivity index (χ0) is 16.2. The molecule has 5 nitrogen and oxygen atoms in total. The highest BCUT2D eigenvalue weighted by Gasteiger charge is 2.13. The molecule has 0 spiro atoms. The fourth-order valence-electron chi connectivity index (χ4n) is 2.12. The Hall–Kier alpha value is -1.37. The number of benzene rings is 1. The average Bonchev–Trinajstić information content (AvgIpc) is 2.80. The van der Waals surface area contributed by atoms with E-state index in [2.05, 4.69) is 16.7 Å². The van der Waals surface area contributed by atoms with Gasteiger partial charge in [-0.1, -0.05) is 30.7 Å². The molecule has 0 unspecified atom stereocenters. The molecule has 22 heavy (non-hydrogen) atoms. The molecular weight excluding hydrogens is 322 g/mol. The minimum Gasteiger partial charge on any atom is -0.272 e. The topological polar surface area (TPSA) is 64.0 Å². The van der Waals surface area contributed by atoms with E-state index in [-0.39, 0.29) is 12.3 Å². The van der Waals surface area contributed by atoms with E-state index in [4.69, 9.17) is 11.6 Å². The summed E-state index contributed by atoms with van der Waals surface area (Å²) in [5, 5.41) is 4.95. The number of nitrogens with one attached hydrogen (secondary N) is 1. The summed E-state index contributed by atoms with van der Waals surface area (Å²) in [7, 11) is -3.40. The number of hydrogen-bond donors (Lipinski definition) is 1. The van der Waals surface area contributed by atoms with Crippen LogP contribution in [0.4, 0.5) is 0 Å². The van der Waals surface area contributed by atoms with Crippen LogP contribution in [0.1, 0.15) is 30.2 Å². The van der Waals surface area contributed by atoms with E-state index in [1.807, 2.05) is 17.8 Å². The summed E-state index contributed by atoms with van der Waals surface area (Å²) in [6.07, 6.45) is 2.88. The molecule has 0 saturated carbocycles. The average molecular weight is 342 g/mol. The van der Waals surface area contributed by atoms with E-state index in [1.165, 1.54) is 0 Å². The molecule has 1 N–H and O–H groups in total. The highest BCUT2D eigenvalue weighted by Crippen LogP contribution is 2.12. The van der Waals surface area contributed by atoms with Crippen molar-refractivity contribution < 1.29 is 8.42 Å². The summed E-state index contributed by atoms with van der Waals surface area (Å²) < 4.78 is 28.7. The monoisotopic (exact) mass is 341 g/mol. The van der Waals surface area contributed by atoms with Crippen molar-refractivity contribution in [2.24, 2.45) is 0 Å². The van der Waals surface area contributed by atoms with Gasteiger partial charge in [-0.3, -0.25) is 4.68 Å². The lowest BCUT2D eigenvalue weighted by Gasteiger charge is -2.06. The summed E-state index contributed by atoms with van der Waals surface area (Å²) in [6.45, 7) is 5.05. The van der Waals surface area contributed by atoms with Crippen molar-refractivity contribution in [3.8, 4) is 0 Å². The number of aryl methyl sites for hydroxylation is 2. The van der Waals surface area contributed by atoms with Crippen LogP contribution >= 0.6 is 11.6 Å². The van der Waals surface area contributed by atoms with Gasteiger partial charge < -0.3 is 0 Å². The first-order valence-electron chi connectivity index (χ1n) is 7.14. The Kier molecular flexibility index (Phi) is 5.61. The van der Waals surface area contributed by atoms with Gasteiger partial charge in [0.2, 0.25) is 10.0 Å². The molecule has 0 aliphatic heterocycles. The molecule has 0 saturated heterocycles. The van der Waals surface area contributed by atoms with E-state index >= 15 is 0 Å². The third-order valence-corrected chi connectivity index (χ3v) is 4.80. The van der Waals surface area contributed by atoms with Crippen molar-refractivity contribution in [2.75, 3.05) is 0 Å². The number of rotatable bonds is 7. The van der Waals surface area contributed by atoms with Gasteiger partial charge in [0.25, 0.3) is 0 Å². The first-order chi connectivity index (χ1) is 10.4. The quantitative estimate of drug-likeness (QED) is 0.842. The summed E-state index contributed by atoms with van der Waals surface area (Å²) in [5.41, 5.74) is 2.45. The Labute approximate surface area is 136 Å². The van der Waals surface area contributed by atoms with Crippen molar-refractivity contribution in [1.29, 1.82) is 0 Å². The molecule has 0 bridgehead atoms. The molecule has 2 rings (SSSR count). The molecule has 0 atom stereocenters. The zero-order valence-electron chi connectivity index (χ0n) is 12.7. The van der Waals surface area contributed by atoms with Crippen LogP contribution in [0.2, 0.25) is 5.02 Å². The molecule has 0 radical (unpaired) electrons. The maximum atomic E-state index is 12.1. The van der Waals surface area contributed by atoms with Gasteiger partial charge >= 0.3 is 0 Å². The summed E-state index contributed by atoms with van der Waals surface area (Å²) in [5.74, 6) is -0.0632. The maximum Gasteiger partial charge on any atom is 0.216 e. The van der Waals surface area contributed by atoms with Crippen LogP contribution in [0.5, 0.6) is 0 Å². The van der Waals surface area contributed by atoms with Gasteiger partial charge in [0, 0.05) is 29.9 Å².